The van der Waals surface area contributed by atoms with Crippen LogP contribution in [0, 0.1) is 0 Å². The molecule has 0 amide bonds. The van der Waals surface area contributed by atoms with Gasteiger partial charge in [-0.25, -0.2) is 5.90 Å². The predicted molar refractivity (Wildman–Crippen MR) is 56.9 cm³/mol. The predicted octanol–water partition coefficient (Wildman–Crippen LogP) is 2.16. The fourth-order valence-corrected chi connectivity index (χ4v) is 1.74. The molecule has 3 heteroatoms. The van der Waals surface area contributed by atoms with Gasteiger partial charge in [-0.3, -0.25) is 0 Å². The molecule has 0 fully saturated rings. The number of aromatic nitrogens is 1. The molecule has 0 spiro atoms. The minimum Gasteiger partial charge on any atom is -0.361 e. The molecule has 14 heavy (non-hydrogen) atoms. The lowest BCUT2D eigenvalue weighted by molar-refractivity contribution is 0.127. The summed E-state index contributed by atoms with van der Waals surface area (Å²) < 4.78 is 0. The third-order valence-corrected chi connectivity index (χ3v) is 2.50. The molecular weight excluding hydrogens is 176 g/mol. The van der Waals surface area contributed by atoms with E-state index >= 15 is 0 Å². The first kappa shape index (κ1) is 9.24. The number of benzene rings is 1. The maximum absolute atomic E-state index is 5.07. The van der Waals surface area contributed by atoms with Crippen molar-refractivity contribution < 1.29 is 4.84 Å². The third kappa shape index (κ3) is 1.52. The zero-order valence-corrected chi connectivity index (χ0v) is 8.16. The molecular formula is C11H14N2O. The van der Waals surface area contributed by atoms with E-state index in [4.69, 9.17) is 5.90 Å². The molecule has 3 N–H and O–H groups in total. The van der Waals surface area contributed by atoms with Crippen LogP contribution in [-0.4, -0.2) is 11.6 Å². The highest BCUT2D eigenvalue weighted by Gasteiger charge is 2.10. The lowest BCUT2D eigenvalue weighted by atomic mass is 10.0. The van der Waals surface area contributed by atoms with Gasteiger partial charge >= 0.3 is 0 Å². The Morgan fingerprint density at radius 1 is 1.43 bits per heavy atom. The average molecular weight is 190 g/mol. The van der Waals surface area contributed by atoms with E-state index in [0.29, 0.717) is 12.5 Å². The summed E-state index contributed by atoms with van der Waals surface area (Å²) in [6.45, 7) is 2.64. The fraction of sp³-hybridized carbons (Fsp3) is 0.273. The smallest absolute Gasteiger partial charge is 0.0745 e. The Morgan fingerprint density at radius 3 is 3.00 bits per heavy atom. The van der Waals surface area contributed by atoms with Crippen LogP contribution in [0.1, 0.15) is 18.4 Å². The summed E-state index contributed by atoms with van der Waals surface area (Å²) in [5.41, 5.74) is 2.41. The van der Waals surface area contributed by atoms with E-state index in [9.17, 15) is 0 Å². The molecule has 1 aromatic heterocycles. The molecule has 1 heterocycles. The molecule has 0 saturated carbocycles. The largest absolute Gasteiger partial charge is 0.361 e. The molecule has 0 aliphatic carbocycles. The van der Waals surface area contributed by atoms with Crippen molar-refractivity contribution in [3.63, 3.8) is 0 Å². The Hall–Kier alpha value is -1.32. The molecule has 1 unspecified atom stereocenters. The molecule has 0 radical (unpaired) electrons. The monoisotopic (exact) mass is 190 g/mol. The van der Waals surface area contributed by atoms with Crippen molar-refractivity contribution in [1.29, 1.82) is 0 Å². The van der Waals surface area contributed by atoms with Gasteiger partial charge in [-0.05, 0) is 11.6 Å². The minimum atomic E-state index is 0.316. The van der Waals surface area contributed by atoms with Crippen LogP contribution in [0.3, 0.4) is 0 Å². The SMILES string of the molecule is CC(CON)c1c[nH]c2ccccc12. The maximum Gasteiger partial charge on any atom is 0.0745 e. The Balaban J connectivity index is 2.42. The molecule has 2 rings (SSSR count). The van der Waals surface area contributed by atoms with Crippen LogP contribution in [0.5, 0.6) is 0 Å². The van der Waals surface area contributed by atoms with Crippen LogP contribution < -0.4 is 5.90 Å². The highest BCUT2D eigenvalue weighted by Crippen LogP contribution is 2.24. The lowest BCUT2D eigenvalue weighted by Crippen LogP contribution is -2.07. The van der Waals surface area contributed by atoms with Gasteiger partial charge in [-0.2, -0.15) is 0 Å². The zero-order chi connectivity index (χ0) is 9.97. The first-order valence-corrected chi connectivity index (χ1v) is 4.70. The molecule has 1 aromatic carbocycles. The van der Waals surface area contributed by atoms with Crippen LogP contribution >= 0.6 is 0 Å². The summed E-state index contributed by atoms with van der Waals surface area (Å²) >= 11 is 0. The van der Waals surface area contributed by atoms with E-state index in [-0.39, 0.29) is 0 Å². The van der Waals surface area contributed by atoms with Crippen molar-refractivity contribution in [1.82, 2.24) is 4.98 Å². The van der Waals surface area contributed by atoms with E-state index < -0.39 is 0 Å². The van der Waals surface area contributed by atoms with Crippen molar-refractivity contribution in [3.8, 4) is 0 Å². The van der Waals surface area contributed by atoms with E-state index in [1.54, 1.807) is 0 Å². The number of nitrogens with one attached hydrogen (secondary N) is 1. The molecule has 0 saturated heterocycles. The second-order valence-corrected chi connectivity index (χ2v) is 3.52. The molecule has 0 bridgehead atoms. The summed E-state index contributed by atoms with van der Waals surface area (Å²) in [6.07, 6.45) is 2.02. The number of hydrogen-bond acceptors (Lipinski definition) is 2. The van der Waals surface area contributed by atoms with Crippen molar-refractivity contribution in [3.05, 3.63) is 36.0 Å². The highest BCUT2D eigenvalue weighted by molar-refractivity contribution is 5.83. The van der Waals surface area contributed by atoms with Crippen LogP contribution in [-0.2, 0) is 4.84 Å². The number of aromatic amines is 1. The van der Waals surface area contributed by atoms with Gasteiger partial charge in [0.1, 0.15) is 0 Å². The second kappa shape index (κ2) is 3.82. The number of hydrogen-bond donors (Lipinski definition) is 2. The number of H-pyrrole nitrogens is 1. The standard InChI is InChI=1S/C11H14N2O/c1-8(7-14-12)10-6-13-11-5-3-2-4-9(10)11/h2-6,8,13H,7,12H2,1H3. The van der Waals surface area contributed by atoms with Crippen molar-refractivity contribution in [2.24, 2.45) is 5.90 Å². The van der Waals surface area contributed by atoms with E-state index in [1.165, 1.54) is 10.9 Å². The maximum atomic E-state index is 5.07. The summed E-state index contributed by atoms with van der Waals surface area (Å²) in [5.74, 6) is 5.39. The van der Waals surface area contributed by atoms with Crippen LogP contribution in [0.25, 0.3) is 10.9 Å². The van der Waals surface area contributed by atoms with Gasteiger partial charge in [0.25, 0.3) is 0 Å². The third-order valence-electron chi connectivity index (χ3n) is 2.50. The van der Waals surface area contributed by atoms with Crippen LogP contribution in [0.15, 0.2) is 30.5 Å². The molecule has 2 aromatic rings. The lowest BCUT2D eigenvalue weighted by Gasteiger charge is -2.07. The zero-order valence-electron chi connectivity index (χ0n) is 8.16. The number of nitrogens with two attached hydrogens (primary N) is 1. The Morgan fingerprint density at radius 2 is 2.21 bits per heavy atom. The summed E-state index contributed by atoms with van der Waals surface area (Å²) in [4.78, 5) is 7.89. The Kier molecular flexibility index (Phi) is 2.52. The number of rotatable bonds is 3. The van der Waals surface area contributed by atoms with Crippen molar-refractivity contribution in [2.45, 2.75) is 12.8 Å². The van der Waals surface area contributed by atoms with Gasteiger partial charge in [-0.15, -0.1) is 0 Å². The first-order chi connectivity index (χ1) is 6.83. The van der Waals surface area contributed by atoms with Gasteiger partial charge in [-0.1, -0.05) is 25.1 Å². The summed E-state index contributed by atoms with van der Waals surface area (Å²) in [7, 11) is 0. The number of para-hydroxylation sites is 1. The summed E-state index contributed by atoms with van der Waals surface area (Å²) in [5, 5.41) is 1.25. The Bertz CT molecular complexity index is 422. The van der Waals surface area contributed by atoms with Gasteiger partial charge < -0.3 is 9.82 Å². The van der Waals surface area contributed by atoms with Crippen molar-refractivity contribution >= 4 is 10.9 Å². The quantitative estimate of drug-likeness (QED) is 0.729. The highest BCUT2D eigenvalue weighted by atomic mass is 16.6. The van der Waals surface area contributed by atoms with Crippen molar-refractivity contribution in [2.75, 3.05) is 6.61 Å². The van der Waals surface area contributed by atoms with E-state index in [0.717, 1.165) is 5.52 Å². The molecule has 3 nitrogen and oxygen atoms in total. The van der Waals surface area contributed by atoms with Crippen LogP contribution in [0.4, 0.5) is 0 Å². The fourth-order valence-electron chi connectivity index (χ4n) is 1.74. The average Bonchev–Trinajstić information content (AvgIpc) is 2.61. The first-order valence-electron chi connectivity index (χ1n) is 4.70. The minimum absolute atomic E-state index is 0.316. The number of fused-ring (bicyclic) bond motifs is 1. The van der Waals surface area contributed by atoms with Crippen LogP contribution in [0.2, 0.25) is 0 Å². The van der Waals surface area contributed by atoms with Gasteiger partial charge in [0.15, 0.2) is 0 Å². The molecule has 1 atom stereocenters. The van der Waals surface area contributed by atoms with E-state index in [1.807, 2.05) is 18.3 Å². The van der Waals surface area contributed by atoms with E-state index in [2.05, 4.69) is 28.9 Å². The van der Waals surface area contributed by atoms with Gasteiger partial charge in [0, 0.05) is 23.0 Å². The molecule has 0 aliphatic heterocycles. The Labute approximate surface area is 82.8 Å². The topological polar surface area (TPSA) is 51.0 Å². The second-order valence-electron chi connectivity index (χ2n) is 3.52. The van der Waals surface area contributed by atoms with Gasteiger partial charge in [0.05, 0.1) is 6.61 Å². The molecule has 74 valence electrons. The summed E-state index contributed by atoms with van der Waals surface area (Å²) in [6, 6.07) is 8.23. The normalized spacial score (nSPS) is 13.3. The van der Waals surface area contributed by atoms with Gasteiger partial charge in [0.2, 0.25) is 0 Å². The molecule has 0 aliphatic rings.